The summed E-state index contributed by atoms with van der Waals surface area (Å²) in [7, 11) is 0. The first-order chi connectivity index (χ1) is 9.81. The van der Waals surface area contributed by atoms with Crippen LogP contribution < -0.4 is 0 Å². The van der Waals surface area contributed by atoms with Gasteiger partial charge in [0.25, 0.3) is 0 Å². The number of carbonyl (C=O) groups is 1. The van der Waals surface area contributed by atoms with Gasteiger partial charge in [-0.25, -0.2) is 0 Å². The molecule has 3 aliphatic heterocycles. The van der Waals surface area contributed by atoms with Gasteiger partial charge in [0.2, 0.25) is 0 Å². The molecule has 20 heavy (non-hydrogen) atoms. The molecule has 1 unspecified atom stereocenters. The number of benzene rings is 1. The lowest BCUT2D eigenvalue weighted by Crippen LogP contribution is -2.63. The third kappa shape index (κ3) is 2.08. The highest BCUT2D eigenvalue weighted by molar-refractivity contribution is 7.17. The number of hydrogen-bond donors (Lipinski definition) is 0. The SMILES string of the molecule is O=C(Cc1csc2ccccc12)C1CN2CCN1CC2. The molecule has 2 bridgehead atoms. The van der Waals surface area contributed by atoms with Gasteiger partial charge in [-0.2, -0.15) is 0 Å². The van der Waals surface area contributed by atoms with Crippen LogP contribution in [0.25, 0.3) is 10.1 Å². The summed E-state index contributed by atoms with van der Waals surface area (Å²) < 4.78 is 1.28. The molecule has 3 nitrogen and oxygen atoms in total. The molecule has 0 saturated carbocycles. The molecule has 0 aliphatic carbocycles. The number of Topliss-reactive ketones (excluding diaryl/α,β-unsaturated/α-hetero) is 1. The molecule has 0 spiro atoms. The smallest absolute Gasteiger partial charge is 0.155 e. The van der Waals surface area contributed by atoms with Gasteiger partial charge in [-0.15, -0.1) is 11.3 Å². The molecule has 4 heteroatoms. The molecule has 0 N–H and O–H groups in total. The predicted molar refractivity (Wildman–Crippen MR) is 82.3 cm³/mol. The largest absolute Gasteiger partial charge is 0.299 e. The Bertz CT molecular complexity index is 643. The van der Waals surface area contributed by atoms with Crippen molar-refractivity contribution in [1.82, 2.24) is 9.80 Å². The number of rotatable bonds is 3. The van der Waals surface area contributed by atoms with Crippen LogP contribution in [0, 0.1) is 0 Å². The Morgan fingerprint density at radius 3 is 2.75 bits per heavy atom. The molecule has 0 radical (unpaired) electrons. The van der Waals surface area contributed by atoms with E-state index in [0.717, 1.165) is 32.7 Å². The molecule has 1 atom stereocenters. The van der Waals surface area contributed by atoms with Crippen molar-refractivity contribution >= 4 is 27.2 Å². The van der Waals surface area contributed by atoms with Crippen molar-refractivity contribution in [3.05, 3.63) is 35.2 Å². The minimum atomic E-state index is 0.121. The number of piperazine rings is 3. The van der Waals surface area contributed by atoms with Crippen LogP contribution in [-0.4, -0.2) is 54.3 Å². The Balaban J connectivity index is 1.55. The molecule has 0 amide bonds. The van der Waals surface area contributed by atoms with Crippen molar-refractivity contribution in [3.63, 3.8) is 0 Å². The minimum absolute atomic E-state index is 0.121. The number of carbonyl (C=O) groups excluding carboxylic acids is 1. The van der Waals surface area contributed by atoms with E-state index in [9.17, 15) is 4.79 Å². The lowest BCUT2D eigenvalue weighted by atomic mass is 9.98. The first kappa shape index (κ1) is 12.5. The van der Waals surface area contributed by atoms with Crippen molar-refractivity contribution in [2.75, 3.05) is 32.7 Å². The summed E-state index contributed by atoms with van der Waals surface area (Å²) in [5.41, 5.74) is 1.20. The van der Waals surface area contributed by atoms with Crippen LogP contribution in [0.2, 0.25) is 0 Å². The topological polar surface area (TPSA) is 23.6 Å². The average molecular weight is 286 g/mol. The maximum Gasteiger partial charge on any atom is 0.155 e. The van der Waals surface area contributed by atoms with Crippen molar-refractivity contribution < 1.29 is 4.79 Å². The van der Waals surface area contributed by atoms with E-state index in [1.54, 1.807) is 11.3 Å². The molecule has 3 fully saturated rings. The van der Waals surface area contributed by atoms with Crippen LogP contribution in [-0.2, 0) is 11.2 Å². The van der Waals surface area contributed by atoms with E-state index >= 15 is 0 Å². The number of fused-ring (bicyclic) bond motifs is 4. The summed E-state index contributed by atoms with van der Waals surface area (Å²) in [5.74, 6) is 0.387. The average Bonchev–Trinajstić information content (AvgIpc) is 2.92. The van der Waals surface area contributed by atoms with Gasteiger partial charge in [0, 0.05) is 43.8 Å². The van der Waals surface area contributed by atoms with E-state index in [1.165, 1.54) is 15.6 Å². The van der Waals surface area contributed by atoms with E-state index in [1.807, 2.05) is 0 Å². The summed E-state index contributed by atoms with van der Waals surface area (Å²) in [4.78, 5) is 17.4. The molecule has 1 aromatic carbocycles. The second-order valence-electron chi connectivity index (χ2n) is 5.75. The van der Waals surface area contributed by atoms with Crippen LogP contribution in [0.4, 0.5) is 0 Å². The fraction of sp³-hybridized carbons (Fsp3) is 0.438. The van der Waals surface area contributed by atoms with Crippen molar-refractivity contribution in [3.8, 4) is 0 Å². The number of ketones is 1. The Morgan fingerprint density at radius 2 is 2.00 bits per heavy atom. The maximum atomic E-state index is 12.6. The molecule has 1 aromatic heterocycles. The Labute approximate surface area is 122 Å². The lowest BCUT2D eigenvalue weighted by molar-refractivity contribution is -0.128. The zero-order valence-corrected chi connectivity index (χ0v) is 12.2. The third-order valence-corrected chi connectivity index (χ3v) is 5.59. The van der Waals surface area contributed by atoms with Crippen LogP contribution in [0.15, 0.2) is 29.6 Å². The Kier molecular flexibility index (Phi) is 3.10. The van der Waals surface area contributed by atoms with E-state index < -0.39 is 0 Å². The van der Waals surface area contributed by atoms with Crippen LogP contribution in [0.3, 0.4) is 0 Å². The highest BCUT2D eigenvalue weighted by Gasteiger charge is 2.35. The third-order valence-electron chi connectivity index (χ3n) is 4.58. The first-order valence-electron chi connectivity index (χ1n) is 7.25. The van der Waals surface area contributed by atoms with Crippen LogP contribution >= 0.6 is 11.3 Å². The molecular weight excluding hydrogens is 268 g/mol. The zero-order valence-electron chi connectivity index (χ0n) is 11.4. The van der Waals surface area contributed by atoms with Crippen LogP contribution in [0.5, 0.6) is 0 Å². The fourth-order valence-electron chi connectivity index (χ4n) is 3.40. The predicted octanol–water partition coefficient (Wildman–Crippen LogP) is 2.01. The molecular formula is C16H18N2OS. The summed E-state index contributed by atoms with van der Waals surface area (Å²) in [6.45, 7) is 5.30. The van der Waals surface area contributed by atoms with Crippen molar-refractivity contribution in [2.45, 2.75) is 12.5 Å². The van der Waals surface area contributed by atoms with E-state index in [2.05, 4.69) is 39.4 Å². The Morgan fingerprint density at radius 1 is 1.20 bits per heavy atom. The van der Waals surface area contributed by atoms with Crippen molar-refractivity contribution in [1.29, 1.82) is 0 Å². The van der Waals surface area contributed by atoms with E-state index in [-0.39, 0.29) is 6.04 Å². The lowest BCUT2D eigenvalue weighted by Gasteiger charge is -2.46. The second kappa shape index (κ2) is 4.95. The van der Waals surface area contributed by atoms with Gasteiger partial charge in [-0.05, 0) is 22.4 Å². The van der Waals surface area contributed by atoms with Gasteiger partial charge >= 0.3 is 0 Å². The quantitative estimate of drug-likeness (QED) is 0.862. The van der Waals surface area contributed by atoms with Gasteiger partial charge in [-0.1, -0.05) is 18.2 Å². The normalized spacial score (nSPS) is 28.9. The minimum Gasteiger partial charge on any atom is -0.299 e. The summed E-state index contributed by atoms with van der Waals surface area (Å²) in [5, 5.41) is 3.40. The van der Waals surface area contributed by atoms with Gasteiger partial charge in [0.15, 0.2) is 5.78 Å². The molecule has 3 saturated heterocycles. The van der Waals surface area contributed by atoms with Gasteiger partial charge in [0.05, 0.1) is 6.04 Å². The monoisotopic (exact) mass is 286 g/mol. The highest BCUT2D eigenvalue weighted by atomic mass is 32.1. The highest BCUT2D eigenvalue weighted by Crippen LogP contribution is 2.27. The number of thiophene rings is 1. The number of hydrogen-bond acceptors (Lipinski definition) is 4. The van der Waals surface area contributed by atoms with Gasteiger partial charge < -0.3 is 0 Å². The molecule has 3 aliphatic rings. The number of nitrogens with zero attached hydrogens (tertiary/aromatic N) is 2. The zero-order chi connectivity index (χ0) is 13.5. The van der Waals surface area contributed by atoms with Gasteiger partial charge in [-0.3, -0.25) is 14.6 Å². The maximum absolute atomic E-state index is 12.6. The Hall–Kier alpha value is -1.23. The molecule has 5 rings (SSSR count). The molecule has 4 heterocycles. The standard InChI is InChI=1S/C16H18N2OS/c19-15(14-10-17-5-7-18(14)8-6-17)9-12-11-20-16-4-2-1-3-13(12)16/h1-4,11,14H,5-10H2. The molecule has 104 valence electrons. The summed E-state index contributed by atoms with van der Waals surface area (Å²) in [6.07, 6.45) is 0.582. The van der Waals surface area contributed by atoms with Gasteiger partial charge in [0.1, 0.15) is 0 Å². The molecule has 2 aromatic rings. The fourth-order valence-corrected chi connectivity index (χ4v) is 4.36. The summed E-state index contributed by atoms with van der Waals surface area (Å²) in [6, 6.07) is 8.50. The van der Waals surface area contributed by atoms with Crippen LogP contribution in [0.1, 0.15) is 5.56 Å². The summed E-state index contributed by atoms with van der Waals surface area (Å²) >= 11 is 1.74. The van der Waals surface area contributed by atoms with Crippen molar-refractivity contribution in [2.24, 2.45) is 0 Å². The van der Waals surface area contributed by atoms with E-state index in [0.29, 0.717) is 12.2 Å². The first-order valence-corrected chi connectivity index (χ1v) is 8.13. The van der Waals surface area contributed by atoms with E-state index in [4.69, 9.17) is 0 Å². The second-order valence-corrected chi connectivity index (χ2v) is 6.66.